The summed E-state index contributed by atoms with van der Waals surface area (Å²) in [6.45, 7) is 0.482. The molecule has 0 aliphatic heterocycles. The molecule has 1 aliphatic carbocycles. The predicted molar refractivity (Wildman–Crippen MR) is 57.8 cm³/mol. The minimum atomic E-state index is 0.0306. The van der Waals surface area contributed by atoms with Crippen molar-refractivity contribution in [2.75, 3.05) is 13.6 Å². The molecule has 1 rings (SSSR count). The van der Waals surface area contributed by atoms with E-state index >= 15 is 0 Å². The molecule has 0 radical (unpaired) electrons. The zero-order valence-electron chi connectivity index (χ0n) is 9.09. The molecule has 1 amide bonds. The Kier molecular flexibility index (Phi) is 4.94. The maximum Gasteiger partial charge on any atom is 0.224 e. The summed E-state index contributed by atoms with van der Waals surface area (Å²) in [5.74, 6) is 0.871. The summed E-state index contributed by atoms with van der Waals surface area (Å²) in [6.07, 6.45) is 7.58. The van der Waals surface area contributed by atoms with Crippen LogP contribution in [0.2, 0.25) is 0 Å². The highest BCUT2D eigenvalue weighted by Crippen LogP contribution is 2.28. The van der Waals surface area contributed by atoms with Gasteiger partial charge in [0, 0.05) is 13.6 Å². The van der Waals surface area contributed by atoms with Crippen molar-refractivity contribution in [3.8, 4) is 0 Å². The Hall–Kier alpha value is -0.570. The van der Waals surface area contributed by atoms with Crippen LogP contribution < -0.4 is 11.1 Å². The van der Waals surface area contributed by atoms with Crippen LogP contribution in [0.15, 0.2) is 0 Å². The Balaban J connectivity index is 2.34. The van der Waals surface area contributed by atoms with Crippen molar-refractivity contribution < 1.29 is 4.79 Å². The molecular weight excluding hydrogens is 176 g/mol. The quantitative estimate of drug-likeness (QED) is 0.715. The summed E-state index contributed by atoms with van der Waals surface area (Å²) in [5.41, 5.74) is 5.61. The molecule has 1 atom stereocenters. The fourth-order valence-corrected chi connectivity index (χ4v) is 2.34. The van der Waals surface area contributed by atoms with Crippen molar-refractivity contribution in [2.24, 2.45) is 17.6 Å². The molecule has 3 heteroatoms. The highest BCUT2D eigenvalue weighted by Gasteiger charge is 2.22. The van der Waals surface area contributed by atoms with Crippen LogP contribution in [0.5, 0.6) is 0 Å². The van der Waals surface area contributed by atoms with Gasteiger partial charge in [0.25, 0.3) is 0 Å². The molecule has 0 aromatic carbocycles. The molecule has 0 saturated heterocycles. The van der Waals surface area contributed by atoms with Crippen molar-refractivity contribution >= 4 is 5.91 Å². The molecule has 0 heterocycles. The lowest BCUT2D eigenvalue weighted by Crippen LogP contribution is -2.34. The van der Waals surface area contributed by atoms with Crippen molar-refractivity contribution in [1.82, 2.24) is 5.32 Å². The van der Waals surface area contributed by atoms with Crippen molar-refractivity contribution in [1.29, 1.82) is 0 Å². The van der Waals surface area contributed by atoms with Gasteiger partial charge in [-0.05, 0) is 12.3 Å². The van der Waals surface area contributed by atoms with Crippen LogP contribution in [-0.2, 0) is 4.79 Å². The van der Waals surface area contributed by atoms with Gasteiger partial charge in [-0.1, -0.05) is 32.1 Å². The van der Waals surface area contributed by atoms with Crippen LogP contribution in [0.25, 0.3) is 0 Å². The number of hydrogen-bond acceptors (Lipinski definition) is 2. The predicted octanol–water partition coefficient (Wildman–Crippen LogP) is 1.28. The lowest BCUT2D eigenvalue weighted by Gasteiger charge is -2.24. The Morgan fingerprint density at radius 2 is 2.07 bits per heavy atom. The van der Waals surface area contributed by atoms with Gasteiger partial charge in [0.1, 0.15) is 0 Å². The first kappa shape index (κ1) is 11.5. The van der Waals surface area contributed by atoms with E-state index in [-0.39, 0.29) is 11.8 Å². The van der Waals surface area contributed by atoms with Crippen LogP contribution >= 0.6 is 0 Å². The Bertz CT molecular complexity index is 176. The summed E-state index contributed by atoms with van der Waals surface area (Å²) in [4.78, 5) is 11.4. The molecule has 0 bridgehead atoms. The number of amides is 1. The van der Waals surface area contributed by atoms with E-state index in [4.69, 9.17) is 5.73 Å². The molecule has 1 fully saturated rings. The largest absolute Gasteiger partial charge is 0.359 e. The molecule has 3 N–H and O–H groups in total. The standard InChI is InChI=1S/C11H22N2O/c1-13-11(14)10(8-12)7-9-5-3-2-4-6-9/h9-10H,2-8,12H2,1H3,(H,13,14). The third kappa shape index (κ3) is 3.29. The zero-order valence-corrected chi connectivity index (χ0v) is 9.09. The molecule has 0 spiro atoms. The first-order valence-electron chi connectivity index (χ1n) is 5.69. The SMILES string of the molecule is CNC(=O)C(CN)CC1CCCCC1. The second-order valence-corrected chi connectivity index (χ2v) is 4.29. The first-order chi connectivity index (χ1) is 6.77. The maximum atomic E-state index is 11.4. The van der Waals surface area contributed by atoms with Gasteiger partial charge in [0.2, 0.25) is 5.91 Å². The first-order valence-corrected chi connectivity index (χ1v) is 5.69. The van der Waals surface area contributed by atoms with E-state index in [1.165, 1.54) is 32.1 Å². The monoisotopic (exact) mass is 198 g/mol. The zero-order chi connectivity index (χ0) is 10.4. The average molecular weight is 198 g/mol. The van der Waals surface area contributed by atoms with Gasteiger partial charge in [-0.25, -0.2) is 0 Å². The molecule has 0 aromatic heterocycles. The molecular formula is C11H22N2O. The van der Waals surface area contributed by atoms with Crippen LogP contribution in [-0.4, -0.2) is 19.5 Å². The molecule has 1 aliphatic rings. The summed E-state index contributed by atoms with van der Waals surface area (Å²) in [5, 5.41) is 2.69. The van der Waals surface area contributed by atoms with Gasteiger partial charge >= 0.3 is 0 Å². The maximum absolute atomic E-state index is 11.4. The van der Waals surface area contributed by atoms with Crippen molar-refractivity contribution in [3.05, 3.63) is 0 Å². The molecule has 14 heavy (non-hydrogen) atoms. The minimum Gasteiger partial charge on any atom is -0.359 e. The van der Waals surface area contributed by atoms with E-state index in [0.717, 1.165) is 12.3 Å². The van der Waals surface area contributed by atoms with Gasteiger partial charge in [0.05, 0.1) is 5.92 Å². The third-order valence-electron chi connectivity index (χ3n) is 3.24. The minimum absolute atomic E-state index is 0.0306. The highest BCUT2D eigenvalue weighted by atomic mass is 16.1. The van der Waals surface area contributed by atoms with Crippen LogP contribution in [0.4, 0.5) is 0 Å². The average Bonchev–Trinajstić information content (AvgIpc) is 2.26. The number of nitrogens with one attached hydrogen (secondary N) is 1. The summed E-state index contributed by atoms with van der Waals surface area (Å²) < 4.78 is 0. The van der Waals surface area contributed by atoms with E-state index in [2.05, 4.69) is 5.32 Å². The fourth-order valence-electron chi connectivity index (χ4n) is 2.34. The summed E-state index contributed by atoms with van der Waals surface area (Å²) in [6, 6.07) is 0. The number of carbonyl (C=O) groups is 1. The smallest absolute Gasteiger partial charge is 0.224 e. The Morgan fingerprint density at radius 3 is 2.57 bits per heavy atom. The molecule has 1 saturated carbocycles. The number of nitrogens with two attached hydrogens (primary N) is 1. The van der Waals surface area contributed by atoms with E-state index in [1.54, 1.807) is 7.05 Å². The van der Waals surface area contributed by atoms with Gasteiger partial charge in [-0.2, -0.15) is 0 Å². The molecule has 0 aromatic rings. The molecule has 3 nitrogen and oxygen atoms in total. The molecule has 1 unspecified atom stereocenters. The Morgan fingerprint density at radius 1 is 1.43 bits per heavy atom. The van der Waals surface area contributed by atoms with Gasteiger partial charge in [-0.3, -0.25) is 4.79 Å². The van der Waals surface area contributed by atoms with E-state index in [1.807, 2.05) is 0 Å². The van der Waals surface area contributed by atoms with Crippen LogP contribution in [0.1, 0.15) is 38.5 Å². The van der Waals surface area contributed by atoms with Crippen LogP contribution in [0.3, 0.4) is 0 Å². The second-order valence-electron chi connectivity index (χ2n) is 4.29. The van der Waals surface area contributed by atoms with E-state index < -0.39 is 0 Å². The Labute approximate surface area is 86.4 Å². The number of hydrogen-bond donors (Lipinski definition) is 2. The van der Waals surface area contributed by atoms with E-state index in [9.17, 15) is 4.79 Å². The van der Waals surface area contributed by atoms with Gasteiger partial charge < -0.3 is 11.1 Å². The van der Waals surface area contributed by atoms with Crippen molar-refractivity contribution in [2.45, 2.75) is 38.5 Å². The highest BCUT2D eigenvalue weighted by molar-refractivity contribution is 5.78. The normalized spacial score (nSPS) is 20.4. The lowest BCUT2D eigenvalue weighted by molar-refractivity contribution is -0.124. The summed E-state index contributed by atoms with van der Waals surface area (Å²) in [7, 11) is 1.69. The van der Waals surface area contributed by atoms with Crippen LogP contribution in [0, 0.1) is 11.8 Å². The van der Waals surface area contributed by atoms with Gasteiger partial charge in [0.15, 0.2) is 0 Å². The number of carbonyl (C=O) groups excluding carboxylic acids is 1. The molecule has 82 valence electrons. The van der Waals surface area contributed by atoms with E-state index in [0.29, 0.717) is 6.54 Å². The van der Waals surface area contributed by atoms with Crippen molar-refractivity contribution in [3.63, 3.8) is 0 Å². The summed E-state index contributed by atoms with van der Waals surface area (Å²) >= 11 is 0. The fraction of sp³-hybridized carbons (Fsp3) is 0.909. The lowest BCUT2D eigenvalue weighted by atomic mass is 9.82. The van der Waals surface area contributed by atoms with Gasteiger partial charge in [-0.15, -0.1) is 0 Å². The third-order valence-corrected chi connectivity index (χ3v) is 3.24. The topological polar surface area (TPSA) is 55.1 Å². The number of rotatable bonds is 4. The second kappa shape index (κ2) is 6.02.